The zero-order valence-electron chi connectivity index (χ0n) is 46.4. The molecule has 4 aromatic carbocycles. The van der Waals surface area contributed by atoms with Crippen LogP contribution in [-0.4, -0.2) is 92.2 Å². The minimum atomic E-state index is -0.596. The highest BCUT2D eigenvalue weighted by atomic mass is 32.1. The lowest BCUT2D eigenvalue weighted by molar-refractivity contribution is -0.141. The second-order valence-electron chi connectivity index (χ2n) is 19.8. The number of thiazole rings is 1. The third kappa shape index (κ3) is 19.8. The van der Waals surface area contributed by atoms with E-state index in [1.54, 1.807) is 78.7 Å². The molecule has 432 valence electrons. The van der Waals surface area contributed by atoms with Crippen molar-refractivity contribution in [3.05, 3.63) is 133 Å². The molecule has 5 aromatic rings. The van der Waals surface area contributed by atoms with Crippen molar-refractivity contribution in [3.8, 4) is 34.8 Å². The Kier molecular flexibility index (Phi) is 24.5. The lowest BCUT2D eigenvalue weighted by Gasteiger charge is -2.27. The standard InChI is InChI=1S/C64H71N3O14S/c1-4-7-38-67(64-66-56-18-12-13-19-57(56)82-64)65-44-48-43-54(81-62(72)47-22-28-51(29-23-47)78-60(70)45-20-26-49(27-21-45)74-39-14-8-10-16-41-76-58(68)5-2)36-37-55(48)63(73)80-52-30-24-46(25-31-52)61(71)79-53-34-32-50(33-35-53)75-40-15-9-11-17-42-77-59(69)6-3/h5-6,12-13,18-21,26-27,32-37,43-44,46-47,51-52H,2-3,8-11,14-17,22-25,28-31,38-42H2,1H3/b65-44+/t46-,47-,51-,52-. The van der Waals surface area contributed by atoms with Gasteiger partial charge in [-0.05, 0) is 189 Å². The first-order valence-electron chi connectivity index (χ1n) is 28.1. The van der Waals surface area contributed by atoms with Crippen LogP contribution in [0, 0.1) is 23.7 Å². The number of aromatic nitrogens is 1. The molecule has 0 atom stereocenters. The van der Waals surface area contributed by atoms with Crippen LogP contribution in [0.25, 0.3) is 10.2 Å². The van der Waals surface area contributed by atoms with Crippen LogP contribution in [0.5, 0.6) is 23.0 Å². The van der Waals surface area contributed by atoms with Gasteiger partial charge in [0.1, 0.15) is 41.8 Å². The van der Waals surface area contributed by atoms with Crippen LogP contribution in [-0.2, 0) is 38.1 Å². The number of carbonyl (C=O) groups is 6. The van der Waals surface area contributed by atoms with E-state index in [4.69, 9.17) is 48.0 Å². The Morgan fingerprint density at radius 2 is 1.11 bits per heavy atom. The molecule has 18 heteroatoms. The highest BCUT2D eigenvalue weighted by Gasteiger charge is 2.32. The maximum atomic E-state index is 14.1. The van der Waals surface area contributed by atoms with Gasteiger partial charge in [-0.2, -0.15) is 5.10 Å². The quantitative estimate of drug-likeness (QED) is 0.00613. The maximum Gasteiger partial charge on any atom is 0.339 e. The number of carbonyl (C=O) groups excluding carboxylic acids is 6. The summed E-state index contributed by atoms with van der Waals surface area (Å²) in [7, 11) is 0. The van der Waals surface area contributed by atoms with E-state index in [0.29, 0.717) is 111 Å². The molecule has 2 aliphatic rings. The lowest BCUT2D eigenvalue weighted by atomic mass is 9.87. The van der Waals surface area contributed by atoms with Crippen LogP contribution in [0.3, 0.4) is 0 Å². The van der Waals surface area contributed by atoms with Gasteiger partial charge in [-0.1, -0.05) is 42.5 Å². The van der Waals surface area contributed by atoms with Gasteiger partial charge in [0.05, 0.1) is 65.8 Å². The molecular formula is C64H71N3O14S. The first kappa shape index (κ1) is 61.3. The van der Waals surface area contributed by atoms with Crippen LogP contribution in [0.15, 0.2) is 121 Å². The van der Waals surface area contributed by atoms with Crippen molar-refractivity contribution >= 4 is 68.7 Å². The number of esters is 6. The minimum Gasteiger partial charge on any atom is -0.494 e. The van der Waals surface area contributed by atoms with E-state index in [-0.39, 0.29) is 35.8 Å². The van der Waals surface area contributed by atoms with Gasteiger partial charge in [0.2, 0.25) is 5.13 Å². The average Bonchev–Trinajstić information content (AvgIpc) is 4.14. The molecule has 2 saturated carbocycles. The van der Waals surface area contributed by atoms with E-state index in [2.05, 4.69) is 25.0 Å². The fourth-order valence-corrected chi connectivity index (χ4v) is 10.1. The summed E-state index contributed by atoms with van der Waals surface area (Å²) >= 11 is 1.45. The normalized spacial score (nSPS) is 16.6. The summed E-state index contributed by atoms with van der Waals surface area (Å²) in [6.07, 6.45) is 13.6. The Morgan fingerprint density at radius 1 is 0.610 bits per heavy atom. The van der Waals surface area contributed by atoms with Gasteiger partial charge in [-0.25, -0.2) is 29.2 Å². The second-order valence-corrected chi connectivity index (χ2v) is 20.8. The SMILES string of the molecule is C=CC(=O)OCCCCCCOc1ccc(OC(=O)[C@H]2CC[C@H](OC(=O)c3ccc(OC(=O)[C@H]4CC[C@H](OC(=O)c5ccc(OCCCCCCOC(=O)C=C)cc5)CC4)cc3/C=N/N(CC#CC)c3nc4ccccc4s3)CC2)cc1. The van der Waals surface area contributed by atoms with Crippen LogP contribution in [0.4, 0.5) is 5.13 Å². The van der Waals surface area contributed by atoms with Crippen molar-refractivity contribution in [1.82, 2.24) is 4.98 Å². The van der Waals surface area contributed by atoms with E-state index in [0.717, 1.165) is 73.7 Å². The number of para-hydroxylation sites is 1. The van der Waals surface area contributed by atoms with Crippen LogP contribution < -0.4 is 24.0 Å². The number of unbranched alkanes of at least 4 members (excludes halogenated alkanes) is 6. The van der Waals surface area contributed by atoms with Gasteiger partial charge < -0.3 is 37.9 Å². The van der Waals surface area contributed by atoms with Crippen molar-refractivity contribution < 1.29 is 66.7 Å². The number of hydrogen-bond acceptors (Lipinski definition) is 18. The molecule has 0 N–H and O–H groups in total. The summed E-state index contributed by atoms with van der Waals surface area (Å²) in [5.41, 5.74) is 1.75. The van der Waals surface area contributed by atoms with Crippen LogP contribution >= 0.6 is 11.3 Å². The predicted molar refractivity (Wildman–Crippen MR) is 311 cm³/mol. The fraction of sp³-hybridized carbons (Fsp3) is 0.406. The van der Waals surface area contributed by atoms with Crippen molar-refractivity contribution in [3.63, 3.8) is 0 Å². The third-order valence-corrected chi connectivity index (χ3v) is 14.9. The Balaban J connectivity index is 0.898. The summed E-state index contributed by atoms with van der Waals surface area (Å²) in [6.45, 7) is 10.5. The highest BCUT2D eigenvalue weighted by molar-refractivity contribution is 7.22. The molecule has 1 aromatic heterocycles. The molecule has 82 heavy (non-hydrogen) atoms. The summed E-state index contributed by atoms with van der Waals surface area (Å²) in [5, 5.41) is 7.01. The van der Waals surface area contributed by atoms with Gasteiger partial charge in [0, 0.05) is 17.7 Å². The monoisotopic (exact) mass is 1140 g/mol. The van der Waals surface area contributed by atoms with Crippen molar-refractivity contribution in [2.45, 2.75) is 122 Å². The van der Waals surface area contributed by atoms with E-state index < -0.39 is 41.9 Å². The Bertz CT molecular complexity index is 3000. The number of fused-ring (bicyclic) bond motifs is 1. The summed E-state index contributed by atoms with van der Waals surface area (Å²) in [4.78, 5) is 81.2. The molecule has 7 rings (SSSR count). The molecule has 0 radical (unpaired) electrons. The van der Waals surface area contributed by atoms with Crippen molar-refractivity contribution in [1.29, 1.82) is 0 Å². The highest BCUT2D eigenvalue weighted by Crippen LogP contribution is 2.33. The number of hydrazone groups is 1. The summed E-state index contributed by atoms with van der Waals surface area (Å²) in [5.74, 6) is 4.40. The average molecular weight is 1140 g/mol. The van der Waals surface area contributed by atoms with Gasteiger partial charge in [0.15, 0.2) is 0 Å². The van der Waals surface area contributed by atoms with Gasteiger partial charge in [0.25, 0.3) is 0 Å². The molecule has 0 bridgehead atoms. The topological polar surface area (TPSA) is 205 Å². The van der Waals surface area contributed by atoms with Crippen molar-refractivity contribution in [2.75, 3.05) is 38.0 Å². The number of rotatable bonds is 30. The van der Waals surface area contributed by atoms with E-state index in [9.17, 15) is 28.8 Å². The zero-order valence-corrected chi connectivity index (χ0v) is 47.2. The Morgan fingerprint density at radius 3 is 1.66 bits per heavy atom. The molecule has 1 heterocycles. The fourth-order valence-electron chi connectivity index (χ4n) is 9.23. The van der Waals surface area contributed by atoms with Crippen LogP contribution in [0.1, 0.15) is 136 Å². The number of benzene rings is 4. The number of ether oxygens (including phenoxy) is 8. The molecule has 2 fully saturated rings. The Hall–Kier alpha value is -8.30. The lowest BCUT2D eigenvalue weighted by Crippen LogP contribution is -2.30. The number of nitrogens with zero attached hydrogens (tertiary/aromatic N) is 3. The molecule has 0 spiro atoms. The van der Waals surface area contributed by atoms with Crippen molar-refractivity contribution in [2.24, 2.45) is 16.9 Å². The van der Waals surface area contributed by atoms with Gasteiger partial charge >= 0.3 is 35.8 Å². The largest absolute Gasteiger partial charge is 0.494 e. The van der Waals surface area contributed by atoms with E-state index in [1.165, 1.54) is 17.6 Å². The number of anilines is 1. The van der Waals surface area contributed by atoms with Gasteiger partial charge in [-0.3, -0.25) is 9.59 Å². The summed E-state index contributed by atoms with van der Waals surface area (Å²) in [6, 6.07) is 26.2. The smallest absolute Gasteiger partial charge is 0.339 e. The zero-order chi connectivity index (χ0) is 57.9. The predicted octanol–water partition coefficient (Wildman–Crippen LogP) is 12.1. The Labute approximate surface area is 482 Å². The molecular weight excluding hydrogens is 1070 g/mol. The minimum absolute atomic E-state index is 0.200. The first-order chi connectivity index (χ1) is 40.0. The molecule has 0 unspecified atom stereocenters. The maximum absolute atomic E-state index is 14.1. The van der Waals surface area contributed by atoms with Crippen LogP contribution in [0.2, 0.25) is 0 Å². The summed E-state index contributed by atoms with van der Waals surface area (Å²) < 4.78 is 46.3. The number of hydrogen-bond donors (Lipinski definition) is 0. The molecule has 0 aliphatic heterocycles. The third-order valence-electron chi connectivity index (χ3n) is 13.8. The molecule has 2 aliphatic carbocycles. The van der Waals surface area contributed by atoms with Gasteiger partial charge in [-0.15, -0.1) is 5.92 Å². The molecule has 0 amide bonds. The second kappa shape index (κ2) is 32.8. The molecule has 17 nitrogen and oxygen atoms in total. The van der Waals surface area contributed by atoms with E-state index >= 15 is 0 Å². The molecule has 0 saturated heterocycles. The van der Waals surface area contributed by atoms with E-state index in [1.807, 2.05) is 24.3 Å². The first-order valence-corrected chi connectivity index (χ1v) is 28.9.